The first-order chi connectivity index (χ1) is 8.76. The summed E-state index contributed by atoms with van der Waals surface area (Å²) in [7, 11) is 3.78. The first kappa shape index (κ1) is 13.2. The summed E-state index contributed by atoms with van der Waals surface area (Å²) in [6, 6.07) is 6.75. The molecule has 1 aromatic rings. The topological polar surface area (TPSA) is 21.3 Å². The third kappa shape index (κ3) is 2.75. The van der Waals surface area contributed by atoms with Crippen molar-refractivity contribution in [1.29, 1.82) is 0 Å². The van der Waals surface area contributed by atoms with Gasteiger partial charge in [0.1, 0.15) is 5.75 Å². The van der Waals surface area contributed by atoms with Crippen LogP contribution in [-0.2, 0) is 0 Å². The normalized spacial score (nSPS) is 17.2. The van der Waals surface area contributed by atoms with Crippen molar-refractivity contribution in [3.05, 3.63) is 41.0 Å². The van der Waals surface area contributed by atoms with Gasteiger partial charge in [-0.25, -0.2) is 0 Å². The monoisotopic (exact) mass is 245 g/mol. The van der Waals surface area contributed by atoms with Crippen LogP contribution in [0.5, 0.6) is 5.75 Å². The quantitative estimate of drug-likeness (QED) is 0.815. The van der Waals surface area contributed by atoms with E-state index in [0.29, 0.717) is 6.04 Å². The second kappa shape index (κ2) is 6.05. The van der Waals surface area contributed by atoms with Crippen molar-refractivity contribution in [3.63, 3.8) is 0 Å². The van der Waals surface area contributed by atoms with Gasteiger partial charge in [0.2, 0.25) is 0 Å². The van der Waals surface area contributed by atoms with E-state index in [-0.39, 0.29) is 0 Å². The zero-order valence-corrected chi connectivity index (χ0v) is 11.6. The highest BCUT2D eigenvalue weighted by Gasteiger charge is 2.19. The highest BCUT2D eigenvalue weighted by Crippen LogP contribution is 2.34. The Bertz CT molecular complexity index is 437. The molecule has 2 nitrogen and oxygen atoms in total. The molecule has 0 spiro atoms. The van der Waals surface area contributed by atoms with Crippen LogP contribution in [0.2, 0.25) is 0 Å². The van der Waals surface area contributed by atoms with Crippen LogP contribution in [0.4, 0.5) is 0 Å². The molecule has 2 rings (SSSR count). The van der Waals surface area contributed by atoms with Crippen molar-refractivity contribution in [2.75, 3.05) is 14.2 Å². The Kier molecular flexibility index (Phi) is 4.43. The predicted molar refractivity (Wildman–Crippen MR) is 76.1 cm³/mol. The van der Waals surface area contributed by atoms with Crippen LogP contribution < -0.4 is 10.1 Å². The van der Waals surface area contributed by atoms with Crippen LogP contribution in [0.25, 0.3) is 0 Å². The number of hydrogen-bond donors (Lipinski definition) is 1. The number of allylic oxidation sites excluding steroid dienone is 1. The molecule has 0 aromatic heterocycles. The summed E-state index contributed by atoms with van der Waals surface area (Å²) in [6.07, 6.45) is 7.43. The maximum absolute atomic E-state index is 5.53. The number of nitrogens with one attached hydrogen (secondary N) is 1. The zero-order chi connectivity index (χ0) is 13.0. The predicted octanol–water partition coefficient (Wildman–Crippen LogP) is 3.76. The van der Waals surface area contributed by atoms with Crippen LogP contribution in [0.3, 0.4) is 0 Å². The minimum Gasteiger partial charge on any atom is -0.496 e. The van der Waals surface area contributed by atoms with Gasteiger partial charge in [-0.3, -0.25) is 0 Å². The van der Waals surface area contributed by atoms with E-state index in [2.05, 4.69) is 36.5 Å². The number of methoxy groups -OCH3 is 1. The summed E-state index contributed by atoms with van der Waals surface area (Å²) in [6.45, 7) is 2.10. The number of ether oxygens (including phenoxy) is 1. The van der Waals surface area contributed by atoms with Gasteiger partial charge in [-0.2, -0.15) is 0 Å². The Hall–Kier alpha value is -1.28. The Morgan fingerprint density at radius 1 is 1.28 bits per heavy atom. The van der Waals surface area contributed by atoms with E-state index in [9.17, 15) is 0 Å². The zero-order valence-electron chi connectivity index (χ0n) is 11.6. The number of rotatable bonds is 4. The molecular weight excluding hydrogens is 222 g/mol. The minimum atomic E-state index is 0.292. The van der Waals surface area contributed by atoms with Gasteiger partial charge in [-0.1, -0.05) is 23.8 Å². The molecule has 1 atom stereocenters. The molecule has 0 saturated heterocycles. The number of likely N-dealkylation sites (N-methyl/N-ethyl adjacent to an activating group) is 1. The number of aryl methyl sites for hydroxylation is 1. The van der Waals surface area contributed by atoms with E-state index in [0.717, 1.165) is 5.75 Å². The minimum absolute atomic E-state index is 0.292. The van der Waals surface area contributed by atoms with Gasteiger partial charge in [-0.15, -0.1) is 0 Å². The van der Waals surface area contributed by atoms with Crippen molar-refractivity contribution in [2.45, 2.75) is 38.6 Å². The number of benzene rings is 1. The average molecular weight is 245 g/mol. The number of hydrogen-bond acceptors (Lipinski definition) is 2. The van der Waals surface area contributed by atoms with E-state index in [1.54, 1.807) is 7.11 Å². The molecule has 0 heterocycles. The molecule has 1 aromatic carbocycles. The van der Waals surface area contributed by atoms with Crippen LogP contribution in [0.1, 0.15) is 42.9 Å². The average Bonchev–Trinajstić information content (AvgIpc) is 2.42. The molecule has 0 saturated carbocycles. The largest absolute Gasteiger partial charge is 0.496 e. The van der Waals surface area contributed by atoms with E-state index in [1.807, 2.05) is 7.05 Å². The summed E-state index contributed by atoms with van der Waals surface area (Å²) in [5, 5.41) is 3.43. The standard InChI is InChI=1S/C16H23NO/c1-12-9-10-14(15(11-12)18-3)16(17-2)13-7-5-4-6-8-13/h7,9-11,16-17H,4-6,8H2,1-3H3. The SMILES string of the molecule is CNC(C1=CCCCC1)c1ccc(C)cc1OC. The molecule has 1 unspecified atom stereocenters. The fourth-order valence-electron chi connectivity index (χ4n) is 2.72. The third-order valence-corrected chi connectivity index (χ3v) is 3.69. The molecule has 1 aliphatic carbocycles. The van der Waals surface area contributed by atoms with Crippen LogP contribution in [0, 0.1) is 6.92 Å². The summed E-state index contributed by atoms with van der Waals surface area (Å²) in [5.41, 5.74) is 3.99. The highest BCUT2D eigenvalue weighted by molar-refractivity contribution is 5.43. The Labute approximate surface area is 110 Å². The van der Waals surface area contributed by atoms with Crippen molar-refractivity contribution in [1.82, 2.24) is 5.32 Å². The fourth-order valence-corrected chi connectivity index (χ4v) is 2.72. The fraction of sp³-hybridized carbons (Fsp3) is 0.500. The second-order valence-corrected chi connectivity index (χ2v) is 4.99. The van der Waals surface area contributed by atoms with E-state index in [4.69, 9.17) is 4.74 Å². The molecule has 0 fully saturated rings. The molecule has 0 amide bonds. The molecule has 0 radical (unpaired) electrons. The summed E-state index contributed by atoms with van der Waals surface area (Å²) in [4.78, 5) is 0. The summed E-state index contributed by atoms with van der Waals surface area (Å²) in [5.74, 6) is 0.987. The van der Waals surface area contributed by atoms with E-state index >= 15 is 0 Å². The van der Waals surface area contributed by atoms with Crippen molar-refractivity contribution < 1.29 is 4.74 Å². The van der Waals surface area contributed by atoms with Gasteiger partial charge in [0.05, 0.1) is 13.2 Å². The molecule has 1 N–H and O–H groups in total. The maximum atomic E-state index is 5.53. The highest BCUT2D eigenvalue weighted by atomic mass is 16.5. The van der Waals surface area contributed by atoms with Crippen LogP contribution >= 0.6 is 0 Å². The van der Waals surface area contributed by atoms with Crippen LogP contribution in [0.15, 0.2) is 29.8 Å². The van der Waals surface area contributed by atoms with Crippen LogP contribution in [-0.4, -0.2) is 14.2 Å². The van der Waals surface area contributed by atoms with Crippen molar-refractivity contribution >= 4 is 0 Å². The molecule has 1 aliphatic rings. The molecule has 2 heteroatoms. The van der Waals surface area contributed by atoms with Gasteiger partial charge >= 0.3 is 0 Å². The lowest BCUT2D eigenvalue weighted by Gasteiger charge is -2.25. The lowest BCUT2D eigenvalue weighted by Crippen LogP contribution is -2.20. The Balaban J connectivity index is 2.34. The molecule has 18 heavy (non-hydrogen) atoms. The lowest BCUT2D eigenvalue weighted by molar-refractivity contribution is 0.403. The van der Waals surface area contributed by atoms with Gasteiger partial charge in [0, 0.05) is 5.56 Å². The first-order valence-corrected chi connectivity index (χ1v) is 6.77. The molecular formula is C16H23NO. The van der Waals surface area contributed by atoms with E-state index in [1.165, 1.54) is 42.4 Å². The smallest absolute Gasteiger partial charge is 0.124 e. The molecule has 0 bridgehead atoms. The molecule has 0 aliphatic heterocycles. The second-order valence-electron chi connectivity index (χ2n) is 4.99. The molecule has 98 valence electrons. The maximum Gasteiger partial charge on any atom is 0.124 e. The van der Waals surface area contributed by atoms with Crippen molar-refractivity contribution in [3.8, 4) is 5.75 Å². The van der Waals surface area contributed by atoms with Crippen molar-refractivity contribution in [2.24, 2.45) is 0 Å². The third-order valence-electron chi connectivity index (χ3n) is 3.69. The van der Waals surface area contributed by atoms with E-state index < -0.39 is 0 Å². The van der Waals surface area contributed by atoms with Gasteiger partial charge in [0.15, 0.2) is 0 Å². The first-order valence-electron chi connectivity index (χ1n) is 6.77. The Morgan fingerprint density at radius 2 is 2.11 bits per heavy atom. The van der Waals surface area contributed by atoms with Gasteiger partial charge in [0.25, 0.3) is 0 Å². The summed E-state index contributed by atoms with van der Waals surface area (Å²) >= 11 is 0. The summed E-state index contributed by atoms with van der Waals surface area (Å²) < 4.78 is 5.53. The van der Waals surface area contributed by atoms with Gasteiger partial charge in [-0.05, 0) is 51.3 Å². The lowest BCUT2D eigenvalue weighted by atomic mass is 9.89. The van der Waals surface area contributed by atoms with Gasteiger partial charge < -0.3 is 10.1 Å². The Morgan fingerprint density at radius 3 is 2.72 bits per heavy atom.